The topological polar surface area (TPSA) is 113 Å². The molecule has 0 fully saturated rings. The summed E-state index contributed by atoms with van der Waals surface area (Å²) in [5.74, 6) is -3.43. The van der Waals surface area contributed by atoms with E-state index in [0.29, 0.717) is 0 Å². The first-order valence-electron chi connectivity index (χ1n) is 6.03. The number of carbonyl (C=O) groups excluding carboxylic acids is 2. The van der Waals surface area contributed by atoms with E-state index in [1.165, 1.54) is 12.1 Å². The fourth-order valence-electron chi connectivity index (χ4n) is 1.51. The molecule has 8 heteroatoms. The third-order valence-electron chi connectivity index (χ3n) is 2.32. The Bertz CT molecular complexity index is 676. The molecule has 1 rings (SSSR count). The fourth-order valence-corrected chi connectivity index (χ4v) is 2.53. The van der Waals surface area contributed by atoms with E-state index in [0.717, 1.165) is 0 Å². The summed E-state index contributed by atoms with van der Waals surface area (Å²) in [5, 5.41) is 11.2. The zero-order chi connectivity index (χ0) is 15.9. The van der Waals surface area contributed by atoms with Crippen molar-refractivity contribution >= 4 is 27.4 Å². The average Bonchev–Trinajstić information content (AvgIpc) is 2.37. The molecule has 0 aliphatic carbocycles. The highest BCUT2D eigenvalue weighted by atomic mass is 32.2. The Balaban J connectivity index is 2.69. The third kappa shape index (κ3) is 5.62. The number of rotatable bonds is 6. The Morgan fingerprint density at radius 1 is 1.29 bits per heavy atom. The summed E-state index contributed by atoms with van der Waals surface area (Å²) in [6.07, 6.45) is 0. The quantitative estimate of drug-likeness (QED) is 0.764. The summed E-state index contributed by atoms with van der Waals surface area (Å²) in [6.45, 7) is 1.62. The normalized spacial score (nSPS) is 10.5. The van der Waals surface area contributed by atoms with Crippen LogP contribution in [0.1, 0.15) is 12.5 Å². The molecular weight excluding hydrogens is 296 g/mol. The van der Waals surface area contributed by atoms with E-state index < -0.39 is 33.2 Å². The lowest BCUT2D eigenvalue weighted by Gasteiger charge is -2.07. The number of para-hydroxylation sites is 1. The number of esters is 1. The minimum absolute atomic E-state index is 0.0656. The van der Waals surface area contributed by atoms with Gasteiger partial charge >= 0.3 is 5.97 Å². The second kappa shape index (κ2) is 7.40. The molecule has 7 nitrogen and oxygen atoms in total. The number of nitrogens with one attached hydrogen (secondary N) is 1. The molecule has 1 amide bonds. The highest BCUT2D eigenvalue weighted by Gasteiger charge is 2.22. The minimum Gasteiger partial charge on any atom is -0.465 e. The van der Waals surface area contributed by atoms with Gasteiger partial charge in [-0.15, -0.1) is 0 Å². The van der Waals surface area contributed by atoms with E-state index in [4.69, 9.17) is 5.26 Å². The third-order valence-corrected chi connectivity index (χ3v) is 3.69. The Morgan fingerprint density at radius 3 is 2.57 bits per heavy atom. The van der Waals surface area contributed by atoms with Gasteiger partial charge in [-0.1, -0.05) is 12.1 Å². The lowest BCUT2D eigenvalue weighted by atomic mass is 10.2. The van der Waals surface area contributed by atoms with Crippen molar-refractivity contribution < 1.29 is 22.7 Å². The van der Waals surface area contributed by atoms with Crippen LogP contribution in [-0.2, 0) is 24.2 Å². The summed E-state index contributed by atoms with van der Waals surface area (Å²) < 4.78 is 27.8. The summed E-state index contributed by atoms with van der Waals surface area (Å²) in [5.41, 5.74) is 0.435. The van der Waals surface area contributed by atoms with Gasteiger partial charge in [-0.25, -0.2) is 8.42 Å². The predicted molar refractivity (Wildman–Crippen MR) is 75.1 cm³/mol. The molecule has 0 heterocycles. The van der Waals surface area contributed by atoms with Crippen molar-refractivity contribution in [2.75, 3.05) is 23.4 Å². The van der Waals surface area contributed by atoms with Crippen molar-refractivity contribution in [2.24, 2.45) is 0 Å². The summed E-state index contributed by atoms with van der Waals surface area (Å²) in [6, 6.07) is 8.06. The van der Waals surface area contributed by atoms with Gasteiger partial charge in [0.2, 0.25) is 5.91 Å². The van der Waals surface area contributed by atoms with Crippen LogP contribution in [0, 0.1) is 11.3 Å². The number of anilines is 1. The second-order valence-electron chi connectivity index (χ2n) is 4.04. The van der Waals surface area contributed by atoms with Crippen molar-refractivity contribution in [1.29, 1.82) is 5.26 Å². The van der Waals surface area contributed by atoms with E-state index in [9.17, 15) is 18.0 Å². The number of nitrogens with zero attached hydrogens (tertiary/aromatic N) is 1. The van der Waals surface area contributed by atoms with Crippen LogP contribution < -0.4 is 5.32 Å². The summed E-state index contributed by atoms with van der Waals surface area (Å²) >= 11 is 0. The molecular formula is C13H14N2O5S. The van der Waals surface area contributed by atoms with E-state index in [1.807, 2.05) is 6.07 Å². The van der Waals surface area contributed by atoms with Crippen LogP contribution >= 0.6 is 0 Å². The molecule has 0 bridgehead atoms. The molecule has 0 aliphatic rings. The smallest absolute Gasteiger partial charge is 0.321 e. The number of nitriles is 1. The lowest BCUT2D eigenvalue weighted by molar-refractivity contribution is -0.139. The minimum atomic E-state index is -3.91. The van der Waals surface area contributed by atoms with Crippen LogP contribution in [0.4, 0.5) is 5.69 Å². The van der Waals surface area contributed by atoms with Crippen molar-refractivity contribution in [3.8, 4) is 6.07 Å². The number of carbonyl (C=O) groups is 2. The second-order valence-corrected chi connectivity index (χ2v) is 6.11. The molecule has 0 atom stereocenters. The largest absolute Gasteiger partial charge is 0.465 e. The molecule has 1 aromatic carbocycles. The highest BCUT2D eigenvalue weighted by Crippen LogP contribution is 2.13. The molecule has 0 saturated heterocycles. The maximum Gasteiger partial charge on any atom is 0.321 e. The Labute approximate surface area is 122 Å². The van der Waals surface area contributed by atoms with Gasteiger partial charge in [-0.05, 0) is 19.1 Å². The molecule has 0 unspecified atom stereocenters. The van der Waals surface area contributed by atoms with Gasteiger partial charge in [0.05, 0.1) is 17.9 Å². The van der Waals surface area contributed by atoms with Crippen LogP contribution in [0.15, 0.2) is 24.3 Å². The SMILES string of the molecule is CCOC(=O)CS(=O)(=O)CC(=O)Nc1ccccc1C#N. The number of ether oxygens (including phenoxy) is 1. The molecule has 1 N–H and O–H groups in total. The van der Waals surface area contributed by atoms with Gasteiger partial charge in [0.25, 0.3) is 0 Å². The predicted octanol–water partition coefficient (Wildman–Crippen LogP) is 0.475. The first kappa shape index (κ1) is 16.7. The van der Waals surface area contributed by atoms with Crippen LogP contribution in [0.5, 0.6) is 0 Å². The van der Waals surface area contributed by atoms with Crippen molar-refractivity contribution in [1.82, 2.24) is 0 Å². The standard InChI is InChI=1S/C13H14N2O5S/c1-2-20-13(17)9-21(18,19)8-12(16)15-11-6-4-3-5-10(11)7-14/h3-6H,2,8-9H2,1H3,(H,15,16). The molecule has 0 spiro atoms. The van der Waals surface area contributed by atoms with E-state index in [-0.39, 0.29) is 17.9 Å². The number of benzene rings is 1. The van der Waals surface area contributed by atoms with E-state index >= 15 is 0 Å². The number of sulfone groups is 1. The molecule has 0 saturated carbocycles. The highest BCUT2D eigenvalue weighted by molar-refractivity contribution is 7.92. The van der Waals surface area contributed by atoms with Crippen molar-refractivity contribution in [2.45, 2.75) is 6.92 Å². The molecule has 0 aliphatic heterocycles. The molecule has 21 heavy (non-hydrogen) atoms. The number of amides is 1. The maximum absolute atomic E-state index is 11.7. The van der Waals surface area contributed by atoms with Gasteiger partial charge in [0, 0.05) is 0 Å². The zero-order valence-corrected chi connectivity index (χ0v) is 12.1. The first-order valence-corrected chi connectivity index (χ1v) is 7.85. The summed E-state index contributed by atoms with van der Waals surface area (Å²) in [7, 11) is -3.91. The van der Waals surface area contributed by atoms with Crippen molar-refractivity contribution in [3.05, 3.63) is 29.8 Å². The van der Waals surface area contributed by atoms with Gasteiger partial charge in [0.1, 0.15) is 17.6 Å². The van der Waals surface area contributed by atoms with Crippen LogP contribution in [0.25, 0.3) is 0 Å². The van der Waals surface area contributed by atoms with Gasteiger partial charge in [0.15, 0.2) is 9.84 Å². The zero-order valence-electron chi connectivity index (χ0n) is 11.3. The fraction of sp³-hybridized carbons (Fsp3) is 0.308. The first-order chi connectivity index (χ1) is 9.88. The van der Waals surface area contributed by atoms with Crippen LogP contribution in [0.3, 0.4) is 0 Å². The Kier molecular flexibility index (Phi) is 5.87. The van der Waals surface area contributed by atoms with E-state index in [1.54, 1.807) is 19.1 Å². The molecule has 0 aromatic heterocycles. The lowest BCUT2D eigenvalue weighted by Crippen LogP contribution is -2.28. The summed E-state index contributed by atoms with van der Waals surface area (Å²) in [4.78, 5) is 22.8. The molecule has 0 radical (unpaired) electrons. The van der Waals surface area contributed by atoms with Gasteiger partial charge in [-0.2, -0.15) is 5.26 Å². The Morgan fingerprint density at radius 2 is 1.95 bits per heavy atom. The Hall–Kier alpha value is -2.40. The van der Waals surface area contributed by atoms with Gasteiger partial charge < -0.3 is 10.1 Å². The monoisotopic (exact) mass is 310 g/mol. The average molecular weight is 310 g/mol. The van der Waals surface area contributed by atoms with Crippen LogP contribution in [-0.4, -0.2) is 38.4 Å². The maximum atomic E-state index is 11.7. The molecule has 1 aromatic rings. The number of hydrogen-bond acceptors (Lipinski definition) is 6. The van der Waals surface area contributed by atoms with Gasteiger partial charge in [-0.3, -0.25) is 9.59 Å². The molecule has 112 valence electrons. The van der Waals surface area contributed by atoms with Crippen molar-refractivity contribution in [3.63, 3.8) is 0 Å². The number of hydrogen-bond donors (Lipinski definition) is 1. The van der Waals surface area contributed by atoms with Crippen LogP contribution in [0.2, 0.25) is 0 Å². The van der Waals surface area contributed by atoms with E-state index in [2.05, 4.69) is 10.1 Å².